The van der Waals surface area contributed by atoms with Gasteiger partial charge >= 0.3 is 5.97 Å². The monoisotopic (exact) mass is 397 g/mol. The van der Waals surface area contributed by atoms with Gasteiger partial charge in [-0.3, -0.25) is 4.79 Å². The summed E-state index contributed by atoms with van der Waals surface area (Å²) in [5.41, 5.74) is 2.02. The molecule has 5 nitrogen and oxygen atoms in total. The van der Waals surface area contributed by atoms with Gasteiger partial charge in [-0.25, -0.2) is 0 Å². The average Bonchev–Trinajstić information content (AvgIpc) is 3.19. The molecule has 0 amide bonds. The fraction of sp³-hybridized carbons (Fsp3) is 0.227. The Morgan fingerprint density at radius 1 is 1.11 bits per heavy atom. The summed E-state index contributed by atoms with van der Waals surface area (Å²) in [5, 5.41) is 0. The van der Waals surface area contributed by atoms with E-state index in [9.17, 15) is 9.35 Å². The van der Waals surface area contributed by atoms with Gasteiger partial charge in [0.2, 0.25) is 0 Å². The van der Waals surface area contributed by atoms with Crippen molar-refractivity contribution in [2.75, 3.05) is 6.61 Å². The van der Waals surface area contributed by atoms with Crippen LogP contribution in [-0.4, -0.2) is 17.1 Å². The minimum absolute atomic E-state index is 0.0210. The average molecular weight is 397 g/mol. The van der Waals surface area contributed by atoms with Crippen LogP contribution in [0.4, 0.5) is 0 Å². The van der Waals surface area contributed by atoms with E-state index in [0.29, 0.717) is 23.0 Å². The van der Waals surface area contributed by atoms with Crippen LogP contribution in [0.15, 0.2) is 76.0 Å². The molecule has 146 valence electrons. The standard InChI is InChI=1S/C22H23NO4S/c1-3-26-22(24)15-19(23-28(25)18-11-9-16(2)10-12-18)21-14-13-20(27-21)17-7-5-4-6-8-17/h4-14,19,23H,3,15H2,1-2H3/t19-,28?/m0/s1. The number of esters is 1. The molecule has 1 unspecified atom stereocenters. The number of carbonyl (C=O) groups excluding carboxylic acids is 1. The third-order valence-electron chi connectivity index (χ3n) is 4.19. The fourth-order valence-corrected chi connectivity index (χ4v) is 3.72. The molecule has 1 aromatic heterocycles. The van der Waals surface area contributed by atoms with E-state index < -0.39 is 17.4 Å². The maximum atomic E-state index is 12.8. The smallest absolute Gasteiger partial charge is 0.308 e. The molecule has 0 bridgehead atoms. The highest BCUT2D eigenvalue weighted by atomic mass is 32.2. The summed E-state index contributed by atoms with van der Waals surface area (Å²) < 4.78 is 26.8. The number of hydrogen-bond donors (Lipinski definition) is 1. The molecule has 0 saturated carbocycles. The van der Waals surface area contributed by atoms with E-state index >= 15 is 0 Å². The summed E-state index contributed by atoms with van der Waals surface area (Å²) in [7, 11) is 0. The van der Waals surface area contributed by atoms with Gasteiger partial charge in [-0.2, -0.15) is 0 Å². The quantitative estimate of drug-likeness (QED) is 0.445. The van der Waals surface area contributed by atoms with Gasteiger partial charge in [0.05, 0.1) is 24.4 Å². The zero-order valence-corrected chi connectivity index (χ0v) is 16.7. The Balaban J connectivity index is 1.81. The van der Waals surface area contributed by atoms with E-state index in [4.69, 9.17) is 9.15 Å². The Hall–Kier alpha value is -2.54. The lowest BCUT2D eigenvalue weighted by Gasteiger charge is -2.18. The maximum Gasteiger partial charge on any atom is 0.308 e. The Morgan fingerprint density at radius 2 is 1.82 bits per heavy atom. The molecule has 0 radical (unpaired) electrons. The molecule has 3 aromatic rings. The molecule has 0 fully saturated rings. The molecule has 1 N–H and O–H groups in total. The van der Waals surface area contributed by atoms with Crippen LogP contribution < -0.4 is 4.72 Å². The van der Waals surface area contributed by atoms with Crippen molar-refractivity contribution in [3.8, 4) is 11.3 Å². The Morgan fingerprint density at radius 3 is 2.50 bits per heavy atom. The van der Waals surface area contributed by atoms with Crippen LogP contribution in [0.5, 0.6) is 0 Å². The topological polar surface area (TPSA) is 74.5 Å². The first-order valence-corrected chi connectivity index (χ1v) is 10.3. The summed E-state index contributed by atoms with van der Waals surface area (Å²) in [6, 6.07) is 20.2. The van der Waals surface area contributed by atoms with Crippen LogP contribution in [-0.2, 0) is 20.9 Å². The van der Waals surface area contributed by atoms with E-state index in [0.717, 1.165) is 11.1 Å². The van der Waals surface area contributed by atoms with Crippen molar-refractivity contribution in [3.05, 3.63) is 78.1 Å². The van der Waals surface area contributed by atoms with Crippen LogP contribution in [0.1, 0.15) is 30.7 Å². The van der Waals surface area contributed by atoms with E-state index in [-0.39, 0.29) is 12.4 Å². The lowest BCUT2D eigenvalue weighted by Crippen LogP contribution is -2.30. The molecule has 0 aliphatic rings. The highest BCUT2D eigenvalue weighted by Crippen LogP contribution is 2.28. The molecule has 0 aliphatic heterocycles. The molecule has 28 heavy (non-hydrogen) atoms. The summed E-state index contributed by atoms with van der Waals surface area (Å²) >= 11 is -1.50. The fourth-order valence-electron chi connectivity index (χ4n) is 2.74. The summed E-state index contributed by atoms with van der Waals surface area (Å²) in [4.78, 5) is 12.7. The summed E-state index contributed by atoms with van der Waals surface area (Å²) in [6.45, 7) is 4.02. The molecule has 0 saturated heterocycles. The van der Waals surface area contributed by atoms with E-state index in [1.165, 1.54) is 0 Å². The van der Waals surface area contributed by atoms with Crippen molar-refractivity contribution in [1.29, 1.82) is 0 Å². The van der Waals surface area contributed by atoms with Crippen LogP contribution in [0, 0.1) is 6.92 Å². The Labute approximate surface area is 168 Å². The number of benzene rings is 2. The summed E-state index contributed by atoms with van der Waals surface area (Å²) in [6.07, 6.45) is 0.0210. The van der Waals surface area contributed by atoms with Crippen molar-refractivity contribution >= 4 is 17.3 Å². The highest BCUT2D eigenvalue weighted by molar-refractivity contribution is 7.89. The lowest BCUT2D eigenvalue weighted by atomic mass is 10.1. The van der Waals surface area contributed by atoms with Gasteiger partial charge in [-0.05, 0) is 38.1 Å². The first-order valence-electron chi connectivity index (χ1n) is 9.12. The third kappa shape index (κ3) is 5.25. The maximum absolute atomic E-state index is 12.8. The number of aryl methyl sites for hydroxylation is 1. The Bertz CT molecular complexity index is 892. The zero-order valence-electron chi connectivity index (χ0n) is 15.9. The van der Waals surface area contributed by atoms with Crippen LogP contribution in [0.25, 0.3) is 11.3 Å². The van der Waals surface area contributed by atoms with Crippen molar-refractivity contribution in [2.45, 2.75) is 31.2 Å². The van der Waals surface area contributed by atoms with Crippen molar-refractivity contribution < 1.29 is 18.5 Å². The molecule has 1 heterocycles. The molecular weight excluding hydrogens is 374 g/mol. The zero-order chi connectivity index (χ0) is 19.9. The van der Waals surface area contributed by atoms with Crippen molar-refractivity contribution in [1.82, 2.24) is 4.72 Å². The second kappa shape index (κ2) is 9.59. The van der Waals surface area contributed by atoms with Gasteiger partial charge < -0.3 is 13.7 Å². The molecule has 2 atom stereocenters. The molecule has 0 spiro atoms. The second-order valence-electron chi connectivity index (χ2n) is 6.33. The van der Waals surface area contributed by atoms with Gasteiger partial charge in [0.1, 0.15) is 17.6 Å². The number of hydrogen-bond acceptors (Lipinski definition) is 5. The molecule has 6 heteroatoms. The summed E-state index contributed by atoms with van der Waals surface area (Å²) in [5.74, 6) is 0.846. The van der Waals surface area contributed by atoms with Crippen molar-refractivity contribution in [3.63, 3.8) is 0 Å². The molecular formula is C22H23NO4S. The van der Waals surface area contributed by atoms with Gasteiger partial charge in [0, 0.05) is 5.56 Å². The van der Waals surface area contributed by atoms with Gasteiger partial charge in [-0.1, -0.05) is 48.0 Å². The molecule has 3 rings (SSSR count). The predicted molar refractivity (Wildman–Crippen MR) is 109 cm³/mol. The largest absolute Gasteiger partial charge is 0.593 e. The number of rotatable bonds is 8. The number of carbonyl (C=O) groups is 1. The minimum Gasteiger partial charge on any atom is -0.593 e. The van der Waals surface area contributed by atoms with Gasteiger partial charge in [0.15, 0.2) is 4.90 Å². The minimum atomic E-state index is -1.50. The highest BCUT2D eigenvalue weighted by Gasteiger charge is 2.26. The number of ether oxygens (including phenoxy) is 1. The predicted octanol–water partition coefficient (Wildman–Crippen LogP) is 4.56. The second-order valence-corrected chi connectivity index (χ2v) is 7.57. The molecule has 2 aromatic carbocycles. The van der Waals surface area contributed by atoms with Crippen molar-refractivity contribution in [2.24, 2.45) is 0 Å². The number of nitrogens with one attached hydrogen (secondary N) is 1. The van der Waals surface area contributed by atoms with E-state index in [1.807, 2.05) is 55.5 Å². The third-order valence-corrected chi connectivity index (χ3v) is 5.39. The lowest BCUT2D eigenvalue weighted by molar-refractivity contribution is -0.143. The molecule has 0 aliphatic carbocycles. The van der Waals surface area contributed by atoms with Crippen LogP contribution in [0.2, 0.25) is 0 Å². The van der Waals surface area contributed by atoms with Crippen LogP contribution >= 0.6 is 0 Å². The number of furan rings is 1. The Kier molecular flexibility index (Phi) is 6.92. The van der Waals surface area contributed by atoms with E-state index in [1.54, 1.807) is 25.1 Å². The van der Waals surface area contributed by atoms with Gasteiger partial charge in [0.25, 0.3) is 0 Å². The normalized spacial score (nSPS) is 13.1. The van der Waals surface area contributed by atoms with Gasteiger partial charge in [-0.15, -0.1) is 4.72 Å². The van der Waals surface area contributed by atoms with E-state index in [2.05, 4.69) is 4.72 Å². The first kappa shape index (κ1) is 20.2. The SMILES string of the molecule is CCOC(=O)C[C@H](N[S+]([O-])c1ccc(C)cc1)c1ccc(-c2ccccc2)o1. The first-order chi connectivity index (χ1) is 13.6. The van der Waals surface area contributed by atoms with Crippen LogP contribution in [0.3, 0.4) is 0 Å².